The van der Waals surface area contributed by atoms with E-state index in [0.29, 0.717) is 0 Å². The van der Waals surface area contributed by atoms with Crippen LogP contribution in [0, 0.1) is 0 Å². The van der Waals surface area contributed by atoms with Crippen molar-refractivity contribution in [1.82, 2.24) is 0 Å². The van der Waals surface area contributed by atoms with E-state index < -0.39 is 30.0 Å². The molecule has 0 aliphatic rings. The summed E-state index contributed by atoms with van der Waals surface area (Å²) in [6, 6.07) is 0. The van der Waals surface area contributed by atoms with Crippen LogP contribution in [0.2, 0.25) is 0 Å². The second-order valence-corrected chi connectivity index (χ2v) is 3.25. The number of alkyl halides is 7. The Labute approximate surface area is 92.2 Å². The lowest BCUT2D eigenvalue weighted by molar-refractivity contribution is -0.375. The lowest BCUT2D eigenvalue weighted by Gasteiger charge is -2.37. The van der Waals surface area contributed by atoms with Gasteiger partial charge < -0.3 is 9.47 Å². The molecule has 0 aromatic carbocycles. The Morgan fingerprint density at radius 2 is 1.40 bits per heavy atom. The van der Waals surface area contributed by atoms with Crippen molar-refractivity contribution in [3.05, 3.63) is 0 Å². The Balaban J connectivity index is 5.28. The number of hydrogen-bond donors (Lipinski definition) is 0. The van der Waals surface area contributed by atoms with Gasteiger partial charge in [0, 0.05) is 6.61 Å². The second-order valence-electron chi connectivity index (χ2n) is 2.30. The maximum absolute atomic E-state index is 12.7. The molecule has 0 saturated carbocycles. The molecule has 0 amide bonds. The topological polar surface area (TPSA) is 18.5 Å². The van der Waals surface area contributed by atoms with Gasteiger partial charge in [-0.05, 0) is 30.1 Å². The third kappa shape index (κ3) is 3.05. The summed E-state index contributed by atoms with van der Waals surface area (Å²) < 4.78 is 70.1. The number of ether oxygens (including phenoxy) is 2. The first-order valence-corrected chi connectivity index (χ1v) is 4.35. The van der Waals surface area contributed by atoms with Crippen LogP contribution in [-0.4, -0.2) is 30.0 Å². The molecule has 0 heterocycles. The van der Waals surface area contributed by atoms with Crippen LogP contribution in [0.4, 0.5) is 22.0 Å². The van der Waals surface area contributed by atoms with Crippen LogP contribution in [0.5, 0.6) is 0 Å². The molecule has 2 nitrogen and oxygen atoms in total. The Morgan fingerprint density at radius 3 is 1.60 bits per heavy atom. The van der Waals surface area contributed by atoms with Crippen LogP contribution in [0.1, 0.15) is 6.92 Å². The summed E-state index contributed by atoms with van der Waals surface area (Å²) in [7, 11) is 0. The van der Waals surface area contributed by atoms with Gasteiger partial charge in [0.2, 0.25) is 0 Å². The predicted octanol–water partition coefficient (Wildman–Crippen LogP) is 3.33. The molecule has 0 N–H and O–H groups in total. The number of hydrogen-bond acceptors (Lipinski definition) is 2. The summed E-state index contributed by atoms with van der Waals surface area (Å²) in [6.07, 6.45) is 0. The third-order valence-electron chi connectivity index (χ3n) is 1.35. The molecule has 15 heavy (non-hydrogen) atoms. The van der Waals surface area contributed by atoms with Crippen molar-refractivity contribution in [2.45, 2.75) is 23.5 Å². The van der Waals surface area contributed by atoms with Gasteiger partial charge >= 0.3 is 16.6 Å². The fraction of sp³-hybridized carbons (Fsp3) is 1.00. The molecule has 0 saturated heterocycles. The zero-order valence-corrected chi connectivity index (χ0v) is 8.89. The SMILES string of the molecule is CCOC(OCF)(C(F)(F)Cl)C(F)(F)Cl. The molecule has 9 heteroatoms. The smallest absolute Gasteiger partial charge is 0.338 e. The van der Waals surface area contributed by atoms with E-state index in [9.17, 15) is 22.0 Å². The van der Waals surface area contributed by atoms with Gasteiger partial charge in [-0.2, -0.15) is 17.6 Å². The van der Waals surface area contributed by atoms with Crippen LogP contribution in [0.15, 0.2) is 0 Å². The lowest BCUT2D eigenvalue weighted by atomic mass is 10.3. The van der Waals surface area contributed by atoms with Gasteiger partial charge in [0.05, 0.1) is 0 Å². The van der Waals surface area contributed by atoms with Gasteiger partial charge in [-0.15, -0.1) is 0 Å². The van der Waals surface area contributed by atoms with Crippen LogP contribution < -0.4 is 0 Å². The van der Waals surface area contributed by atoms with E-state index >= 15 is 0 Å². The molecule has 0 spiro atoms. The summed E-state index contributed by atoms with van der Waals surface area (Å²) in [5.74, 6) is -4.04. The van der Waals surface area contributed by atoms with Crippen molar-refractivity contribution in [2.75, 3.05) is 13.5 Å². The molecule has 0 aromatic rings. The summed E-state index contributed by atoms with van der Waals surface area (Å²) in [6.45, 7) is -1.46. The summed E-state index contributed by atoms with van der Waals surface area (Å²) in [5.41, 5.74) is 0. The van der Waals surface area contributed by atoms with E-state index in [0.717, 1.165) is 6.92 Å². The number of halogens is 7. The van der Waals surface area contributed by atoms with Crippen molar-refractivity contribution in [1.29, 1.82) is 0 Å². The zero-order chi connectivity index (χ0) is 12.3. The van der Waals surface area contributed by atoms with Crippen molar-refractivity contribution >= 4 is 23.2 Å². The first-order valence-electron chi connectivity index (χ1n) is 3.59. The van der Waals surface area contributed by atoms with E-state index in [2.05, 4.69) is 32.7 Å². The quantitative estimate of drug-likeness (QED) is 0.421. The zero-order valence-electron chi connectivity index (χ0n) is 7.38. The summed E-state index contributed by atoms with van der Waals surface area (Å²) in [4.78, 5) is 0. The second kappa shape index (κ2) is 4.99. The fourth-order valence-corrected chi connectivity index (χ4v) is 1.31. The molecule has 0 rings (SSSR count). The van der Waals surface area contributed by atoms with E-state index in [1.165, 1.54) is 0 Å². The standard InChI is InChI=1S/C6H7Cl2F5O2/c1-2-14-4(15-3-9,5(7,10)11)6(8,12)13/h2-3H2,1H3. The van der Waals surface area contributed by atoms with Crippen LogP contribution in [0.3, 0.4) is 0 Å². The van der Waals surface area contributed by atoms with Crippen LogP contribution in [0.25, 0.3) is 0 Å². The highest BCUT2D eigenvalue weighted by atomic mass is 35.5. The Kier molecular flexibility index (Phi) is 5.04. The molecule has 0 bridgehead atoms. The van der Waals surface area contributed by atoms with E-state index in [-0.39, 0.29) is 0 Å². The molecular weight excluding hydrogens is 270 g/mol. The van der Waals surface area contributed by atoms with Crippen molar-refractivity contribution in [3.8, 4) is 0 Å². The minimum Gasteiger partial charge on any atom is -0.338 e. The van der Waals surface area contributed by atoms with Gasteiger partial charge in [-0.3, -0.25) is 0 Å². The Hall–Kier alpha value is 0.150. The lowest BCUT2D eigenvalue weighted by Crippen LogP contribution is -2.59. The predicted molar refractivity (Wildman–Crippen MR) is 43.0 cm³/mol. The van der Waals surface area contributed by atoms with Gasteiger partial charge in [-0.1, -0.05) is 0 Å². The molecule has 0 radical (unpaired) electrons. The molecule has 0 fully saturated rings. The first kappa shape index (κ1) is 15.2. The highest BCUT2D eigenvalue weighted by Gasteiger charge is 2.71. The molecule has 0 unspecified atom stereocenters. The monoisotopic (exact) mass is 276 g/mol. The van der Waals surface area contributed by atoms with Crippen LogP contribution >= 0.6 is 23.2 Å². The normalized spacial score (nSPS) is 14.4. The van der Waals surface area contributed by atoms with E-state index in [1.54, 1.807) is 0 Å². The van der Waals surface area contributed by atoms with Gasteiger partial charge in [0.15, 0.2) is 6.86 Å². The highest BCUT2D eigenvalue weighted by Crippen LogP contribution is 2.49. The fourth-order valence-electron chi connectivity index (χ4n) is 0.810. The molecule has 92 valence electrons. The molecule has 0 atom stereocenters. The van der Waals surface area contributed by atoms with Crippen LogP contribution in [-0.2, 0) is 9.47 Å². The van der Waals surface area contributed by atoms with Gasteiger partial charge in [0.1, 0.15) is 0 Å². The Bertz CT molecular complexity index is 181. The highest BCUT2D eigenvalue weighted by molar-refractivity contribution is 6.26. The van der Waals surface area contributed by atoms with Crippen molar-refractivity contribution < 1.29 is 31.4 Å². The Morgan fingerprint density at radius 1 is 1.00 bits per heavy atom. The van der Waals surface area contributed by atoms with E-state index in [4.69, 9.17) is 0 Å². The average Bonchev–Trinajstić information content (AvgIpc) is 1.99. The molecule has 0 aromatic heterocycles. The third-order valence-corrected chi connectivity index (χ3v) is 1.85. The summed E-state index contributed by atoms with van der Waals surface area (Å²) in [5, 5.41) is -9.39. The number of rotatable bonds is 6. The minimum absolute atomic E-state index is 0.620. The maximum atomic E-state index is 12.7. The van der Waals surface area contributed by atoms with E-state index in [1.807, 2.05) is 0 Å². The first-order chi connectivity index (χ1) is 6.62. The molecule has 0 aliphatic heterocycles. The van der Waals surface area contributed by atoms with Gasteiger partial charge in [-0.25, -0.2) is 4.39 Å². The maximum Gasteiger partial charge on any atom is 0.382 e. The minimum atomic E-state index is -4.69. The van der Waals surface area contributed by atoms with Crippen molar-refractivity contribution in [2.24, 2.45) is 0 Å². The van der Waals surface area contributed by atoms with Gasteiger partial charge in [0.25, 0.3) is 0 Å². The molecule has 0 aliphatic carbocycles. The summed E-state index contributed by atoms with van der Waals surface area (Å²) >= 11 is 8.77. The molecular formula is C6H7Cl2F5O2. The van der Waals surface area contributed by atoms with Crippen molar-refractivity contribution in [3.63, 3.8) is 0 Å². The average molecular weight is 277 g/mol. The largest absolute Gasteiger partial charge is 0.382 e.